The molecule has 0 radical (unpaired) electrons. The van der Waals surface area contributed by atoms with Crippen molar-refractivity contribution in [1.29, 1.82) is 0 Å². The Bertz CT molecular complexity index is 2950. The van der Waals surface area contributed by atoms with E-state index in [1.807, 2.05) is 0 Å². The van der Waals surface area contributed by atoms with Crippen LogP contribution in [0.25, 0.3) is 22.9 Å². The molecule has 0 spiro atoms. The quantitative estimate of drug-likeness (QED) is 0.157. The van der Waals surface area contributed by atoms with Crippen molar-refractivity contribution in [1.82, 2.24) is 49.2 Å². The maximum absolute atomic E-state index is 15.0. The van der Waals surface area contributed by atoms with E-state index in [4.69, 9.17) is 0 Å². The summed E-state index contributed by atoms with van der Waals surface area (Å²) in [6.07, 6.45) is -4.08. The molecule has 8 rings (SSSR count). The fourth-order valence-corrected chi connectivity index (χ4v) is 10.0. The van der Waals surface area contributed by atoms with E-state index in [0.29, 0.717) is 13.1 Å². The predicted octanol–water partition coefficient (Wildman–Crippen LogP) is 5.15. The number of alkyl halides is 6. The third-order valence-electron chi connectivity index (χ3n) is 10.4. The molecule has 1 amide bonds. The molecule has 0 aliphatic carbocycles. The van der Waals surface area contributed by atoms with Crippen molar-refractivity contribution in [3.63, 3.8) is 0 Å². The maximum atomic E-state index is 15.0. The summed E-state index contributed by atoms with van der Waals surface area (Å²) in [5.41, 5.74) is 0.196. The van der Waals surface area contributed by atoms with Crippen molar-refractivity contribution in [2.24, 2.45) is 0 Å². The third kappa shape index (κ3) is 11.8. The average molecular weight is 1010 g/mol. The molecule has 2 aliphatic rings. The molecule has 69 heavy (non-hydrogen) atoms. The van der Waals surface area contributed by atoms with E-state index in [9.17, 15) is 52.4 Å². The Balaban J connectivity index is 0.000000205. The van der Waals surface area contributed by atoms with Crippen LogP contribution in [-0.4, -0.2) is 119 Å². The van der Waals surface area contributed by atoms with Crippen LogP contribution < -0.4 is 13.9 Å². The Morgan fingerprint density at radius 3 is 1.41 bits per heavy atom. The highest BCUT2D eigenvalue weighted by Gasteiger charge is 2.40. The van der Waals surface area contributed by atoms with Gasteiger partial charge in [-0.05, 0) is 48.5 Å². The number of halogens is 8. The highest BCUT2D eigenvalue weighted by Crippen LogP contribution is 2.33. The highest BCUT2D eigenvalue weighted by atomic mass is 32.2. The van der Waals surface area contributed by atoms with Crippen LogP contribution in [0.1, 0.15) is 29.8 Å². The van der Waals surface area contributed by atoms with E-state index in [2.05, 4.69) is 44.5 Å². The van der Waals surface area contributed by atoms with Gasteiger partial charge in [0.15, 0.2) is 0 Å². The van der Waals surface area contributed by atoms with Gasteiger partial charge >= 0.3 is 44.6 Å². The van der Waals surface area contributed by atoms with Gasteiger partial charge in [0.25, 0.3) is 0 Å². The molecule has 4 aromatic heterocycles. The van der Waals surface area contributed by atoms with E-state index >= 15 is 4.39 Å². The van der Waals surface area contributed by atoms with Crippen LogP contribution in [0.5, 0.6) is 0 Å². The van der Waals surface area contributed by atoms with E-state index in [1.54, 1.807) is 6.07 Å². The molecule has 2 saturated heterocycles. The predicted molar refractivity (Wildman–Crippen MR) is 226 cm³/mol. The molecule has 0 bridgehead atoms. The first-order valence-electron chi connectivity index (χ1n) is 20.3. The van der Waals surface area contributed by atoms with Gasteiger partial charge in [0, 0.05) is 93.9 Å². The lowest BCUT2D eigenvalue weighted by molar-refractivity contribution is -0.157. The van der Waals surface area contributed by atoms with Crippen molar-refractivity contribution in [2.75, 3.05) is 61.0 Å². The number of hydrogen-bond donors (Lipinski definition) is 1. The first-order chi connectivity index (χ1) is 32.6. The second-order valence-electron chi connectivity index (χ2n) is 14.9. The minimum Gasteiger partial charge on any atom is -0.413 e. The number of benzene rings is 2. The molecule has 6 aromatic rings. The second-order valence-corrected chi connectivity index (χ2v) is 18.6. The van der Waals surface area contributed by atoms with Crippen LogP contribution in [0.4, 0.5) is 46.5 Å². The van der Waals surface area contributed by atoms with Gasteiger partial charge in [-0.15, -0.1) is 20.4 Å². The molecule has 2 fully saturated rings. The second kappa shape index (κ2) is 20.5. The van der Waals surface area contributed by atoms with E-state index < -0.39 is 74.5 Å². The topological polar surface area (TPSA) is 217 Å². The lowest BCUT2D eigenvalue weighted by Crippen LogP contribution is -2.54. The molecule has 0 saturated carbocycles. The van der Waals surface area contributed by atoms with Gasteiger partial charge in [0.1, 0.15) is 11.6 Å². The Kier molecular flexibility index (Phi) is 14.9. The summed E-state index contributed by atoms with van der Waals surface area (Å²) >= 11 is 0. The van der Waals surface area contributed by atoms with Crippen molar-refractivity contribution in [3.8, 4) is 22.9 Å². The molecular formula is C40H38F8N12O7S2. The standard InChI is InChI=1S/C21H20F4N6O4S.C19H18F4N6O3S/c1-14(32)29-7-9-30(10-8-29)36(33,34)31(17-3-2-6-26-12-17)13-16-5-4-15(11-18(16)22)19-27-28-20(35-19)21(23,24)25;20-16-10-13(17-26-27-18(32-17)19(21,22)23)3-4-14(16)12-29(15-2-1-5-25-11-15)33(30,31)28-8-6-24-7-9-28/h2-6,11-12H,7-10,13H2,1H3;1-5,10-11,24H,6-9,12H2. The maximum Gasteiger partial charge on any atom is 0.470 e. The SMILES string of the molecule is CC(=O)N1CCN(S(=O)(=O)N(Cc2ccc(-c3nnc(C(F)(F)F)o3)cc2F)c2cccnc2)CC1.O=S(=O)(N1CCNCC1)N(Cc1ccc(-c2nnc(C(F)(F)F)o2)cc1F)c1cccnc1. The number of anilines is 2. The minimum atomic E-state index is -4.85. The molecule has 19 nitrogen and oxygen atoms in total. The Hall–Kier alpha value is -6.69. The van der Waals surface area contributed by atoms with E-state index in [0.717, 1.165) is 20.7 Å². The Labute approximate surface area is 387 Å². The van der Waals surface area contributed by atoms with Gasteiger partial charge in [-0.3, -0.25) is 23.4 Å². The number of nitrogens with one attached hydrogen (secondary N) is 1. The number of carbonyl (C=O) groups excluding carboxylic acids is 1. The first-order valence-corrected chi connectivity index (χ1v) is 23.1. The molecule has 0 unspecified atom stereocenters. The average Bonchev–Trinajstić information content (AvgIpc) is 4.05. The van der Waals surface area contributed by atoms with Gasteiger partial charge in [0.05, 0.1) is 36.9 Å². The summed E-state index contributed by atoms with van der Waals surface area (Å²) in [4.78, 5) is 21.0. The lowest BCUT2D eigenvalue weighted by Gasteiger charge is -2.37. The highest BCUT2D eigenvalue weighted by molar-refractivity contribution is 7.90. The number of carbonyl (C=O) groups is 1. The number of piperazine rings is 2. The van der Waals surface area contributed by atoms with Crippen LogP contribution in [-0.2, 0) is 50.7 Å². The molecule has 1 N–H and O–H groups in total. The van der Waals surface area contributed by atoms with Crippen LogP contribution in [0.15, 0.2) is 94.3 Å². The fraction of sp³-hybridized carbons (Fsp3) is 0.325. The van der Waals surface area contributed by atoms with Crippen molar-refractivity contribution >= 4 is 37.7 Å². The molecule has 29 heteroatoms. The van der Waals surface area contributed by atoms with Crippen molar-refractivity contribution in [3.05, 3.63) is 120 Å². The van der Waals surface area contributed by atoms with Gasteiger partial charge in [-0.25, -0.2) is 8.78 Å². The molecule has 0 atom stereocenters. The Morgan fingerprint density at radius 2 is 1.06 bits per heavy atom. The zero-order valence-electron chi connectivity index (χ0n) is 35.8. The van der Waals surface area contributed by atoms with Crippen LogP contribution in [0.2, 0.25) is 0 Å². The lowest BCUT2D eigenvalue weighted by atomic mass is 10.1. The van der Waals surface area contributed by atoms with Gasteiger partial charge < -0.3 is 19.1 Å². The molecule has 368 valence electrons. The Morgan fingerprint density at radius 1 is 0.638 bits per heavy atom. The van der Waals surface area contributed by atoms with Crippen molar-refractivity contribution in [2.45, 2.75) is 32.4 Å². The summed E-state index contributed by atoms with van der Waals surface area (Å²) in [7, 11) is -8.17. The molecule has 2 aliphatic heterocycles. The summed E-state index contributed by atoms with van der Waals surface area (Å²) in [5.74, 6) is -6.05. The zero-order chi connectivity index (χ0) is 49.7. The molecule has 6 heterocycles. The van der Waals surface area contributed by atoms with Crippen molar-refractivity contribution < 1.29 is 65.6 Å². The monoisotopic (exact) mass is 1010 g/mol. The largest absolute Gasteiger partial charge is 0.470 e. The van der Waals surface area contributed by atoms with Gasteiger partial charge in [-0.2, -0.15) is 51.8 Å². The van der Waals surface area contributed by atoms with Crippen LogP contribution in [0.3, 0.4) is 0 Å². The fourth-order valence-electron chi connectivity index (χ4n) is 6.84. The number of nitrogens with zero attached hydrogens (tertiary/aromatic N) is 11. The number of amides is 1. The van der Waals surface area contributed by atoms with E-state index in [-0.39, 0.29) is 85.3 Å². The summed E-state index contributed by atoms with van der Waals surface area (Å²) in [6.45, 7) is 2.60. The minimum absolute atomic E-state index is 0.00290. The van der Waals surface area contributed by atoms with Gasteiger partial charge in [-0.1, -0.05) is 12.1 Å². The zero-order valence-corrected chi connectivity index (χ0v) is 37.4. The number of aromatic nitrogens is 6. The first kappa shape index (κ1) is 50.2. The summed E-state index contributed by atoms with van der Waals surface area (Å²) in [6, 6.07) is 13.0. The normalized spacial score (nSPS) is 15.3. The number of pyridine rings is 2. The summed E-state index contributed by atoms with van der Waals surface area (Å²) in [5, 5.41) is 15.5. The molecule has 2 aromatic carbocycles. The number of hydrogen-bond acceptors (Lipinski definition) is 14. The summed E-state index contributed by atoms with van der Waals surface area (Å²) < 4.78 is 174. The van der Waals surface area contributed by atoms with Crippen LogP contribution in [0, 0.1) is 11.6 Å². The van der Waals surface area contributed by atoms with Crippen LogP contribution >= 0.6 is 0 Å². The third-order valence-corrected chi connectivity index (χ3v) is 14.2. The van der Waals surface area contributed by atoms with E-state index in [1.165, 1.54) is 87.7 Å². The number of rotatable bonds is 12. The smallest absolute Gasteiger partial charge is 0.413 e. The van der Waals surface area contributed by atoms with Gasteiger partial charge in [0.2, 0.25) is 17.7 Å². The molecular weight excluding hydrogens is 977 g/mol.